The Morgan fingerprint density at radius 3 is 3.16 bits per heavy atom. The van der Waals surface area contributed by atoms with Gasteiger partial charge in [-0.05, 0) is 56.5 Å². The Labute approximate surface area is 224 Å². The lowest BCUT2D eigenvalue weighted by molar-refractivity contribution is -0.115. The Morgan fingerprint density at radius 2 is 2.32 bits per heavy atom. The third-order valence-electron chi connectivity index (χ3n) is 6.89. The zero-order valence-corrected chi connectivity index (χ0v) is 22.1. The summed E-state index contributed by atoms with van der Waals surface area (Å²) in [6, 6.07) is 6.08. The van der Waals surface area contributed by atoms with Crippen LogP contribution in [0.15, 0.2) is 51.7 Å². The van der Waals surface area contributed by atoms with E-state index >= 15 is 0 Å². The number of amides is 1. The predicted molar refractivity (Wildman–Crippen MR) is 145 cm³/mol. The van der Waals surface area contributed by atoms with E-state index in [2.05, 4.69) is 30.6 Å². The zero-order chi connectivity index (χ0) is 26.5. The first kappa shape index (κ1) is 26.4. The lowest BCUT2D eigenvalue weighted by atomic mass is 10.1. The summed E-state index contributed by atoms with van der Waals surface area (Å²) in [5, 5.41) is 14.7. The number of hydrogen-bond acceptors (Lipinski definition) is 9. The van der Waals surface area contributed by atoms with Crippen LogP contribution in [0.5, 0.6) is 0 Å². The van der Waals surface area contributed by atoms with Crippen molar-refractivity contribution >= 4 is 40.2 Å². The summed E-state index contributed by atoms with van der Waals surface area (Å²) in [5.41, 5.74) is 5.49. The van der Waals surface area contributed by atoms with Crippen LogP contribution in [0.25, 0.3) is 0 Å². The number of carbonyl (C=O) groups is 1. The summed E-state index contributed by atoms with van der Waals surface area (Å²) < 4.78 is 19.6. The summed E-state index contributed by atoms with van der Waals surface area (Å²) in [4.78, 5) is 28.9. The molecule has 3 aliphatic rings. The van der Waals surface area contributed by atoms with Gasteiger partial charge in [-0.15, -0.1) is 0 Å². The number of amidine groups is 1. The molecule has 1 aromatic carbocycles. The maximum atomic E-state index is 13.4. The standard InChI is InChI=1S/C26H32FN7O3S/c1-17-22(37-10-4-9-33-8-3-7-20(33)15-35)14-34-24(17)25(29-16-30-34)32-26-28-13-21(38-26)12-23(36)31-19-6-2-5-18(27)11-19/h2,5-6,11,13,16,20,22,35H,3-4,7-10,12,14-15H2,1H3,(H,31,36)(H,28,29,30,32)/t20-,22?/m0/s1. The van der Waals surface area contributed by atoms with E-state index < -0.39 is 5.82 Å². The van der Waals surface area contributed by atoms with E-state index in [-0.39, 0.29) is 31.1 Å². The van der Waals surface area contributed by atoms with Gasteiger partial charge in [0.05, 0.1) is 19.6 Å². The van der Waals surface area contributed by atoms with E-state index in [9.17, 15) is 14.3 Å². The van der Waals surface area contributed by atoms with Gasteiger partial charge in [0.1, 0.15) is 24.0 Å². The molecule has 2 aromatic rings. The number of likely N-dealkylation sites (tertiary alicyclic amines) is 1. The molecule has 1 fully saturated rings. The molecule has 38 heavy (non-hydrogen) atoms. The number of aliphatic hydroxyl groups excluding tert-OH is 1. The van der Waals surface area contributed by atoms with Crippen LogP contribution in [-0.4, -0.2) is 83.1 Å². The van der Waals surface area contributed by atoms with Crippen LogP contribution in [0.2, 0.25) is 0 Å². The van der Waals surface area contributed by atoms with E-state index in [0.29, 0.717) is 29.8 Å². The minimum atomic E-state index is -0.405. The number of fused-ring (bicyclic) bond motifs is 1. The number of aromatic nitrogens is 1. The highest BCUT2D eigenvalue weighted by molar-refractivity contribution is 7.15. The van der Waals surface area contributed by atoms with E-state index in [1.807, 2.05) is 11.9 Å². The molecule has 3 aliphatic heterocycles. The largest absolute Gasteiger partial charge is 0.395 e. The maximum Gasteiger partial charge on any atom is 0.229 e. The number of hydrazine groups is 1. The summed E-state index contributed by atoms with van der Waals surface area (Å²) in [5.74, 6) is -0.117. The van der Waals surface area contributed by atoms with Crippen LogP contribution in [0, 0.1) is 5.82 Å². The third kappa shape index (κ3) is 6.26. The minimum Gasteiger partial charge on any atom is -0.395 e. The number of nitrogens with zero attached hydrogens (tertiary/aromatic N) is 5. The Hall–Kier alpha value is -3.19. The molecule has 12 heteroatoms. The van der Waals surface area contributed by atoms with Crippen molar-refractivity contribution in [3.05, 3.63) is 52.4 Å². The number of thiazole rings is 1. The fourth-order valence-electron chi connectivity index (χ4n) is 4.99. The summed E-state index contributed by atoms with van der Waals surface area (Å²) in [7, 11) is 0. The van der Waals surface area contributed by atoms with E-state index in [4.69, 9.17) is 4.74 Å². The second-order valence-corrected chi connectivity index (χ2v) is 10.6. The van der Waals surface area contributed by atoms with Gasteiger partial charge in [-0.3, -0.25) is 20.1 Å². The molecule has 1 unspecified atom stereocenters. The Kier molecular flexibility index (Phi) is 8.42. The minimum absolute atomic E-state index is 0.0741. The average Bonchev–Trinajstić information content (AvgIpc) is 3.61. The van der Waals surface area contributed by atoms with Crippen molar-refractivity contribution in [1.82, 2.24) is 20.3 Å². The van der Waals surface area contributed by atoms with Crippen molar-refractivity contribution < 1.29 is 19.0 Å². The predicted octanol–water partition coefficient (Wildman–Crippen LogP) is 2.86. The number of halogens is 1. The molecule has 10 nitrogen and oxygen atoms in total. The fraction of sp³-hybridized carbons (Fsp3) is 0.462. The van der Waals surface area contributed by atoms with Gasteiger partial charge in [0.15, 0.2) is 5.84 Å². The molecular formula is C26H32FN7O3S. The SMILES string of the molecule is CC1=C2C(=Nc3ncc(CC(=O)Nc4cccc(F)c4)s3)N=CNN2CC1OCCCN1CCC[C@H]1CO. The Morgan fingerprint density at radius 1 is 1.42 bits per heavy atom. The van der Waals surface area contributed by atoms with Crippen molar-refractivity contribution in [2.24, 2.45) is 9.98 Å². The van der Waals surface area contributed by atoms with E-state index in [0.717, 1.165) is 48.5 Å². The number of aliphatic imine (C=N–C) groups is 2. The monoisotopic (exact) mass is 541 g/mol. The molecule has 5 rings (SSSR count). The van der Waals surface area contributed by atoms with E-state index in [1.54, 1.807) is 24.7 Å². The molecule has 0 spiro atoms. The molecule has 0 radical (unpaired) electrons. The van der Waals surface area contributed by atoms with Crippen molar-refractivity contribution in [2.45, 2.75) is 44.8 Å². The van der Waals surface area contributed by atoms with E-state index in [1.165, 1.54) is 23.5 Å². The van der Waals surface area contributed by atoms with Gasteiger partial charge in [-0.2, -0.15) is 4.99 Å². The van der Waals surface area contributed by atoms with Crippen LogP contribution in [0.4, 0.5) is 15.2 Å². The smallest absolute Gasteiger partial charge is 0.229 e. The number of benzene rings is 1. The summed E-state index contributed by atoms with van der Waals surface area (Å²) in [6.07, 6.45) is 6.39. The molecule has 1 amide bonds. The number of aliphatic hydroxyl groups is 1. The lowest BCUT2D eigenvalue weighted by Gasteiger charge is -2.25. The molecule has 0 bridgehead atoms. The molecule has 2 atom stereocenters. The summed E-state index contributed by atoms with van der Waals surface area (Å²) >= 11 is 1.31. The molecule has 202 valence electrons. The maximum absolute atomic E-state index is 13.4. The number of hydrogen-bond donors (Lipinski definition) is 3. The molecule has 0 saturated carbocycles. The van der Waals surface area contributed by atoms with Gasteiger partial charge in [-0.25, -0.2) is 14.4 Å². The Balaban J connectivity index is 1.18. The Bertz CT molecular complexity index is 1250. The van der Waals surface area contributed by atoms with Crippen molar-refractivity contribution in [3.63, 3.8) is 0 Å². The molecule has 3 N–H and O–H groups in total. The normalized spacial score (nSPS) is 22.3. The molecule has 1 aromatic heterocycles. The zero-order valence-electron chi connectivity index (χ0n) is 21.3. The third-order valence-corrected chi connectivity index (χ3v) is 7.78. The number of carbonyl (C=O) groups excluding carboxylic acids is 1. The first-order valence-electron chi connectivity index (χ1n) is 12.8. The number of anilines is 1. The number of nitrogens with one attached hydrogen (secondary N) is 2. The van der Waals surface area contributed by atoms with Crippen LogP contribution in [0.1, 0.15) is 31.1 Å². The van der Waals surface area contributed by atoms with Gasteiger partial charge >= 0.3 is 0 Å². The van der Waals surface area contributed by atoms with Crippen LogP contribution >= 0.6 is 11.3 Å². The van der Waals surface area contributed by atoms with Crippen LogP contribution in [0.3, 0.4) is 0 Å². The van der Waals surface area contributed by atoms with Crippen LogP contribution < -0.4 is 10.7 Å². The first-order chi connectivity index (χ1) is 18.5. The highest BCUT2D eigenvalue weighted by atomic mass is 32.1. The fourth-order valence-corrected chi connectivity index (χ4v) is 5.78. The second kappa shape index (κ2) is 12.1. The van der Waals surface area contributed by atoms with Crippen molar-refractivity contribution in [1.29, 1.82) is 0 Å². The quantitative estimate of drug-likeness (QED) is 0.396. The van der Waals surface area contributed by atoms with Gasteiger partial charge < -0.3 is 15.2 Å². The van der Waals surface area contributed by atoms with Crippen molar-refractivity contribution in [2.75, 3.05) is 38.2 Å². The molecular weight excluding hydrogens is 509 g/mol. The first-order valence-corrected chi connectivity index (χ1v) is 13.6. The van der Waals surface area contributed by atoms with Gasteiger partial charge in [0, 0.05) is 36.0 Å². The molecule has 0 aliphatic carbocycles. The highest BCUT2D eigenvalue weighted by Gasteiger charge is 2.34. The average molecular weight is 542 g/mol. The lowest BCUT2D eigenvalue weighted by Crippen LogP contribution is -2.41. The molecule has 1 saturated heterocycles. The van der Waals surface area contributed by atoms with Crippen LogP contribution in [-0.2, 0) is 16.0 Å². The second-order valence-electron chi connectivity index (χ2n) is 9.54. The number of rotatable bonds is 10. The molecule has 4 heterocycles. The highest BCUT2D eigenvalue weighted by Crippen LogP contribution is 2.30. The van der Waals surface area contributed by atoms with Crippen molar-refractivity contribution in [3.8, 4) is 0 Å². The topological polar surface area (TPSA) is 115 Å². The van der Waals surface area contributed by atoms with Gasteiger partial charge in [0.2, 0.25) is 11.0 Å². The van der Waals surface area contributed by atoms with Gasteiger partial charge in [-0.1, -0.05) is 17.4 Å². The number of ether oxygens (including phenoxy) is 1. The summed E-state index contributed by atoms with van der Waals surface area (Å²) in [6.45, 7) is 5.52. The van der Waals surface area contributed by atoms with Gasteiger partial charge in [0.25, 0.3) is 0 Å².